The molecule has 0 aliphatic carbocycles. The Morgan fingerprint density at radius 3 is 2.44 bits per heavy atom. The fraction of sp³-hybridized carbons (Fsp3) is 0.429. The number of fused-ring (bicyclic) bond motifs is 1. The lowest BCUT2D eigenvalue weighted by Gasteiger charge is -2.46. The van der Waals surface area contributed by atoms with Crippen LogP contribution >= 0.6 is 0 Å². The van der Waals surface area contributed by atoms with Gasteiger partial charge in [-0.15, -0.1) is 0 Å². The first-order chi connectivity index (χ1) is 13.3. The molecule has 6 heteroatoms. The molecular formula is C21H26NO5+. The van der Waals surface area contributed by atoms with Gasteiger partial charge >= 0.3 is 0 Å². The van der Waals surface area contributed by atoms with E-state index in [2.05, 4.69) is 17.4 Å². The minimum absolute atomic E-state index is 0.286. The lowest BCUT2D eigenvalue weighted by molar-refractivity contribution is -0.732. The van der Waals surface area contributed by atoms with Crippen LogP contribution in [0.15, 0.2) is 60.7 Å². The summed E-state index contributed by atoms with van der Waals surface area (Å²) in [5, 5.41) is 13.1. The van der Waals surface area contributed by atoms with Crippen LogP contribution in [0.2, 0.25) is 0 Å². The first kappa shape index (κ1) is 18.6. The number of hydrogen-bond donors (Lipinski definition) is 2. The molecule has 0 amide bonds. The standard InChI is InChI=1S/C21H25NO5/c1-24-21-17(22-12-14-8-4-2-5-9-14)18(23)19-16(26-21)13-25-20(27-19)15-10-6-3-7-11-15/h2-11,16-23H,12-13H2,1H3/p+1/t16-,17-,18-,19-,20-,21+/m1/s1. The number of rotatable bonds is 5. The van der Waals surface area contributed by atoms with E-state index >= 15 is 0 Å². The Hall–Kier alpha value is -1.80. The van der Waals surface area contributed by atoms with Crippen LogP contribution in [0.25, 0.3) is 0 Å². The molecule has 0 aromatic heterocycles. The Morgan fingerprint density at radius 1 is 1.04 bits per heavy atom. The fourth-order valence-corrected chi connectivity index (χ4v) is 3.74. The molecular weight excluding hydrogens is 346 g/mol. The van der Waals surface area contributed by atoms with Gasteiger partial charge in [-0.25, -0.2) is 0 Å². The SMILES string of the molecule is CO[C@H]1O[C@@H]2CO[C@@H](c3ccccc3)O[C@H]2[C@H](O)[C@H]1[NH2+]Cc1ccccc1. The molecule has 2 heterocycles. The third kappa shape index (κ3) is 4.06. The van der Waals surface area contributed by atoms with E-state index in [4.69, 9.17) is 18.9 Å². The summed E-state index contributed by atoms with van der Waals surface area (Å²) in [7, 11) is 1.60. The molecule has 3 N–H and O–H groups in total. The number of ether oxygens (including phenoxy) is 4. The Bertz CT molecular complexity index is 707. The van der Waals surface area contributed by atoms with Gasteiger partial charge in [0.1, 0.15) is 24.9 Å². The van der Waals surface area contributed by atoms with Crippen molar-refractivity contribution in [1.29, 1.82) is 0 Å². The van der Waals surface area contributed by atoms with Crippen molar-refractivity contribution in [3.8, 4) is 0 Å². The van der Waals surface area contributed by atoms with Gasteiger partial charge in [0, 0.05) is 18.2 Å². The van der Waals surface area contributed by atoms with Gasteiger partial charge in [-0.05, 0) is 0 Å². The van der Waals surface area contributed by atoms with E-state index in [1.54, 1.807) is 7.11 Å². The number of hydrogen-bond acceptors (Lipinski definition) is 5. The molecule has 0 bridgehead atoms. The van der Waals surface area contributed by atoms with E-state index in [1.807, 2.05) is 48.5 Å². The Morgan fingerprint density at radius 2 is 1.74 bits per heavy atom. The number of benzene rings is 2. The third-order valence-corrected chi connectivity index (χ3v) is 5.19. The van der Waals surface area contributed by atoms with Crippen LogP contribution in [-0.2, 0) is 25.5 Å². The minimum Gasteiger partial charge on any atom is -0.384 e. The predicted molar refractivity (Wildman–Crippen MR) is 97.5 cm³/mol. The van der Waals surface area contributed by atoms with E-state index in [1.165, 1.54) is 5.56 Å². The molecule has 4 rings (SSSR count). The molecule has 2 aliphatic heterocycles. The molecule has 0 unspecified atom stereocenters. The van der Waals surface area contributed by atoms with Crippen LogP contribution in [0.4, 0.5) is 0 Å². The van der Waals surface area contributed by atoms with Gasteiger partial charge in [-0.3, -0.25) is 0 Å². The van der Waals surface area contributed by atoms with Gasteiger partial charge < -0.3 is 29.4 Å². The van der Waals surface area contributed by atoms with Crippen molar-refractivity contribution < 1.29 is 29.4 Å². The van der Waals surface area contributed by atoms with Crippen LogP contribution in [0.3, 0.4) is 0 Å². The first-order valence-corrected chi connectivity index (χ1v) is 9.32. The van der Waals surface area contributed by atoms with Crippen LogP contribution in [0.5, 0.6) is 0 Å². The Labute approximate surface area is 159 Å². The summed E-state index contributed by atoms with van der Waals surface area (Å²) in [5.41, 5.74) is 2.11. The lowest BCUT2D eigenvalue weighted by Crippen LogP contribution is -2.96. The smallest absolute Gasteiger partial charge is 0.213 e. The molecule has 144 valence electrons. The summed E-state index contributed by atoms with van der Waals surface area (Å²) in [4.78, 5) is 0. The first-order valence-electron chi connectivity index (χ1n) is 9.32. The molecule has 0 radical (unpaired) electrons. The van der Waals surface area contributed by atoms with Crippen molar-refractivity contribution in [2.24, 2.45) is 0 Å². The molecule has 2 aromatic carbocycles. The molecule has 2 aromatic rings. The molecule has 27 heavy (non-hydrogen) atoms. The second kappa shape index (κ2) is 8.48. The highest BCUT2D eigenvalue weighted by Crippen LogP contribution is 2.33. The molecule has 0 saturated carbocycles. The second-order valence-corrected chi connectivity index (χ2v) is 6.95. The average Bonchev–Trinajstić information content (AvgIpc) is 2.74. The molecule has 0 spiro atoms. The number of aliphatic hydroxyl groups is 1. The van der Waals surface area contributed by atoms with Crippen molar-refractivity contribution in [3.63, 3.8) is 0 Å². The van der Waals surface area contributed by atoms with E-state index < -0.39 is 24.8 Å². The van der Waals surface area contributed by atoms with Gasteiger partial charge in [0.2, 0.25) is 6.29 Å². The van der Waals surface area contributed by atoms with Crippen LogP contribution < -0.4 is 5.32 Å². The summed E-state index contributed by atoms with van der Waals surface area (Å²) < 4.78 is 23.4. The average molecular weight is 372 g/mol. The van der Waals surface area contributed by atoms with E-state index in [0.717, 1.165) is 12.1 Å². The van der Waals surface area contributed by atoms with Gasteiger partial charge in [-0.1, -0.05) is 60.7 Å². The number of nitrogens with two attached hydrogens (primary N) is 1. The minimum atomic E-state index is -0.729. The van der Waals surface area contributed by atoms with Gasteiger partial charge in [0.05, 0.1) is 6.61 Å². The monoisotopic (exact) mass is 372 g/mol. The van der Waals surface area contributed by atoms with Crippen molar-refractivity contribution in [3.05, 3.63) is 71.8 Å². The molecule has 6 atom stereocenters. The fourth-order valence-electron chi connectivity index (χ4n) is 3.74. The van der Waals surface area contributed by atoms with Crippen molar-refractivity contribution in [2.45, 2.75) is 43.5 Å². The molecule has 2 saturated heterocycles. The van der Waals surface area contributed by atoms with Crippen molar-refractivity contribution >= 4 is 0 Å². The highest BCUT2D eigenvalue weighted by Gasteiger charge is 2.51. The topological polar surface area (TPSA) is 73.8 Å². The highest BCUT2D eigenvalue weighted by molar-refractivity contribution is 5.17. The van der Waals surface area contributed by atoms with Crippen molar-refractivity contribution in [2.75, 3.05) is 13.7 Å². The molecule has 6 nitrogen and oxygen atoms in total. The predicted octanol–water partition coefficient (Wildman–Crippen LogP) is 0.965. The van der Waals surface area contributed by atoms with E-state index in [9.17, 15) is 5.11 Å². The highest BCUT2D eigenvalue weighted by atomic mass is 16.7. The van der Waals surface area contributed by atoms with Gasteiger partial charge in [0.25, 0.3) is 0 Å². The largest absolute Gasteiger partial charge is 0.384 e. The number of aliphatic hydroxyl groups excluding tert-OH is 1. The molecule has 2 fully saturated rings. The zero-order valence-corrected chi connectivity index (χ0v) is 15.3. The summed E-state index contributed by atoms with van der Waals surface area (Å²) in [6.07, 6.45) is -2.57. The van der Waals surface area contributed by atoms with Crippen LogP contribution in [0.1, 0.15) is 17.4 Å². The number of quaternary nitrogens is 1. The zero-order chi connectivity index (χ0) is 18.6. The maximum atomic E-state index is 11.0. The Kier molecular flexibility index (Phi) is 5.83. The summed E-state index contributed by atoms with van der Waals surface area (Å²) >= 11 is 0. The normalized spacial score (nSPS) is 33.4. The Balaban J connectivity index is 1.46. The zero-order valence-electron chi connectivity index (χ0n) is 15.3. The summed E-state index contributed by atoms with van der Waals surface area (Å²) in [6.45, 7) is 1.08. The van der Waals surface area contributed by atoms with Crippen LogP contribution in [-0.4, -0.2) is 49.5 Å². The van der Waals surface area contributed by atoms with Crippen LogP contribution in [0, 0.1) is 0 Å². The van der Waals surface area contributed by atoms with Gasteiger partial charge in [-0.2, -0.15) is 0 Å². The second-order valence-electron chi connectivity index (χ2n) is 6.95. The van der Waals surface area contributed by atoms with E-state index in [-0.39, 0.29) is 12.1 Å². The maximum absolute atomic E-state index is 11.0. The third-order valence-electron chi connectivity index (χ3n) is 5.19. The number of methoxy groups -OCH3 is 1. The van der Waals surface area contributed by atoms with Gasteiger partial charge in [0.15, 0.2) is 12.3 Å². The molecule has 2 aliphatic rings. The quantitative estimate of drug-likeness (QED) is 0.818. The summed E-state index contributed by atoms with van der Waals surface area (Å²) in [5.74, 6) is 0. The lowest BCUT2D eigenvalue weighted by atomic mass is 9.95. The maximum Gasteiger partial charge on any atom is 0.213 e. The van der Waals surface area contributed by atoms with E-state index in [0.29, 0.717) is 6.61 Å². The van der Waals surface area contributed by atoms with Crippen molar-refractivity contribution in [1.82, 2.24) is 0 Å². The summed E-state index contributed by atoms with van der Waals surface area (Å²) in [6, 6.07) is 19.6.